The van der Waals surface area contributed by atoms with Crippen LogP contribution in [-0.4, -0.2) is 32.2 Å². The Balaban J connectivity index is 2.13. The lowest BCUT2D eigenvalue weighted by Gasteiger charge is -2.13. The van der Waals surface area contributed by atoms with Gasteiger partial charge in [-0.25, -0.2) is 4.39 Å². The predicted molar refractivity (Wildman–Crippen MR) is 58.5 cm³/mol. The Hall–Kier alpha value is -1.89. The van der Waals surface area contributed by atoms with E-state index in [4.69, 9.17) is 0 Å². The quantitative estimate of drug-likeness (QED) is 0.824. The molecule has 0 aliphatic carbocycles. The van der Waals surface area contributed by atoms with Crippen LogP contribution >= 0.6 is 0 Å². The molecule has 0 bridgehead atoms. The van der Waals surface area contributed by atoms with E-state index < -0.39 is 0 Å². The van der Waals surface area contributed by atoms with Crippen molar-refractivity contribution in [1.29, 1.82) is 0 Å². The number of tetrazole rings is 1. The summed E-state index contributed by atoms with van der Waals surface area (Å²) < 4.78 is 12.8. The first-order valence-electron chi connectivity index (χ1n) is 5.20. The number of likely N-dealkylation sites (N-methyl/N-ethyl adjacent to an activating group) is 1. The van der Waals surface area contributed by atoms with Crippen molar-refractivity contribution in [2.75, 3.05) is 7.05 Å². The lowest BCUT2D eigenvalue weighted by molar-refractivity contribution is 0.550. The van der Waals surface area contributed by atoms with Crippen molar-refractivity contribution >= 4 is 0 Å². The van der Waals surface area contributed by atoms with Gasteiger partial charge in [0.05, 0.1) is 25.0 Å². The van der Waals surface area contributed by atoms with Crippen molar-refractivity contribution in [3.05, 3.63) is 35.7 Å². The van der Waals surface area contributed by atoms with Crippen LogP contribution in [0.1, 0.15) is 17.6 Å². The van der Waals surface area contributed by atoms with Gasteiger partial charge in [0.2, 0.25) is 0 Å². The normalized spacial score (nSPS) is 12.6. The molecule has 90 valence electrons. The Morgan fingerprint density at radius 1 is 1.47 bits per heavy atom. The van der Waals surface area contributed by atoms with Crippen molar-refractivity contribution in [3.8, 4) is 0 Å². The van der Waals surface area contributed by atoms with E-state index in [2.05, 4.69) is 25.7 Å². The predicted octanol–water partition coefficient (Wildman–Crippen LogP) is 0.247. The summed E-state index contributed by atoms with van der Waals surface area (Å²) in [6.07, 6.45) is 1.76. The molecule has 0 aliphatic heterocycles. The molecule has 0 saturated carbocycles. The summed E-state index contributed by atoms with van der Waals surface area (Å²) in [6, 6.07) is 2.98. The van der Waals surface area contributed by atoms with Crippen LogP contribution < -0.4 is 5.32 Å². The highest BCUT2D eigenvalue weighted by atomic mass is 19.1. The van der Waals surface area contributed by atoms with Crippen LogP contribution in [0.3, 0.4) is 0 Å². The summed E-state index contributed by atoms with van der Waals surface area (Å²) in [5.74, 6) is 0.277. The average molecular weight is 236 g/mol. The van der Waals surface area contributed by atoms with E-state index in [0.29, 0.717) is 12.2 Å². The summed E-state index contributed by atoms with van der Waals surface area (Å²) in [7, 11) is 3.52. The minimum atomic E-state index is -0.346. The van der Waals surface area contributed by atoms with Crippen LogP contribution in [0, 0.1) is 5.82 Å². The first kappa shape index (κ1) is 11.6. The molecule has 0 aromatic carbocycles. The van der Waals surface area contributed by atoms with E-state index in [9.17, 15) is 4.39 Å². The molecule has 17 heavy (non-hydrogen) atoms. The number of nitrogens with one attached hydrogen (secondary N) is 1. The molecule has 0 aliphatic rings. The third-order valence-corrected chi connectivity index (χ3v) is 2.39. The molecular formula is C10H13FN6. The molecule has 6 nitrogen and oxygen atoms in total. The summed E-state index contributed by atoms with van der Waals surface area (Å²) >= 11 is 0. The summed E-state index contributed by atoms with van der Waals surface area (Å²) in [5, 5.41) is 14.9. The van der Waals surface area contributed by atoms with Gasteiger partial charge in [-0.05, 0) is 24.4 Å². The second kappa shape index (κ2) is 4.96. The van der Waals surface area contributed by atoms with Crippen LogP contribution in [0.4, 0.5) is 4.39 Å². The van der Waals surface area contributed by atoms with Gasteiger partial charge < -0.3 is 5.32 Å². The largest absolute Gasteiger partial charge is 0.311 e. The van der Waals surface area contributed by atoms with Crippen LogP contribution in [0.25, 0.3) is 0 Å². The van der Waals surface area contributed by atoms with Gasteiger partial charge in [-0.15, -0.1) is 10.2 Å². The average Bonchev–Trinajstić information content (AvgIpc) is 2.73. The fourth-order valence-corrected chi connectivity index (χ4v) is 1.54. The van der Waals surface area contributed by atoms with E-state index in [1.165, 1.54) is 17.1 Å². The highest BCUT2D eigenvalue weighted by Crippen LogP contribution is 2.13. The first-order valence-corrected chi connectivity index (χ1v) is 5.20. The molecular weight excluding hydrogens is 223 g/mol. The molecule has 0 spiro atoms. The third-order valence-electron chi connectivity index (χ3n) is 2.39. The molecule has 1 N–H and O–H groups in total. The van der Waals surface area contributed by atoms with Gasteiger partial charge in [0.15, 0.2) is 5.82 Å². The molecule has 2 heterocycles. The van der Waals surface area contributed by atoms with E-state index in [1.807, 2.05) is 7.05 Å². The van der Waals surface area contributed by atoms with Crippen molar-refractivity contribution in [2.24, 2.45) is 7.05 Å². The second-order valence-electron chi connectivity index (χ2n) is 3.64. The number of pyridine rings is 1. The molecule has 2 rings (SSSR count). The van der Waals surface area contributed by atoms with Crippen molar-refractivity contribution < 1.29 is 4.39 Å². The minimum absolute atomic E-state index is 0.0557. The maximum absolute atomic E-state index is 12.8. The summed E-state index contributed by atoms with van der Waals surface area (Å²) in [5.41, 5.74) is 0.751. The van der Waals surface area contributed by atoms with E-state index in [0.717, 1.165) is 5.69 Å². The Bertz CT molecular complexity index is 480. The molecule has 0 radical (unpaired) electrons. The van der Waals surface area contributed by atoms with Gasteiger partial charge in [0.1, 0.15) is 5.82 Å². The number of halogens is 1. The molecule has 1 atom stereocenters. The number of hydrogen-bond acceptors (Lipinski definition) is 5. The van der Waals surface area contributed by atoms with Gasteiger partial charge in [-0.1, -0.05) is 0 Å². The Morgan fingerprint density at radius 3 is 2.82 bits per heavy atom. The van der Waals surface area contributed by atoms with Gasteiger partial charge >= 0.3 is 0 Å². The lowest BCUT2D eigenvalue weighted by atomic mass is 10.1. The van der Waals surface area contributed by atoms with Crippen LogP contribution in [-0.2, 0) is 13.5 Å². The highest BCUT2D eigenvalue weighted by molar-refractivity contribution is 5.11. The van der Waals surface area contributed by atoms with Crippen molar-refractivity contribution in [2.45, 2.75) is 12.5 Å². The van der Waals surface area contributed by atoms with Gasteiger partial charge in [0, 0.05) is 6.42 Å². The van der Waals surface area contributed by atoms with Gasteiger partial charge in [0.25, 0.3) is 0 Å². The van der Waals surface area contributed by atoms with Crippen LogP contribution in [0.15, 0.2) is 18.3 Å². The highest BCUT2D eigenvalue weighted by Gasteiger charge is 2.14. The third kappa shape index (κ3) is 2.82. The SMILES string of the molecule is CNC(Cc1nnn(C)n1)c1ccc(F)cn1. The summed E-state index contributed by atoms with van der Waals surface area (Å²) in [4.78, 5) is 5.44. The number of aryl methyl sites for hydroxylation is 1. The molecule has 0 amide bonds. The minimum Gasteiger partial charge on any atom is -0.311 e. The molecule has 0 fully saturated rings. The number of aromatic nitrogens is 5. The maximum atomic E-state index is 12.8. The Morgan fingerprint density at radius 2 is 2.29 bits per heavy atom. The maximum Gasteiger partial charge on any atom is 0.176 e. The topological polar surface area (TPSA) is 68.5 Å². The van der Waals surface area contributed by atoms with Gasteiger partial charge in [-0.2, -0.15) is 4.80 Å². The summed E-state index contributed by atoms with van der Waals surface area (Å²) in [6.45, 7) is 0. The Kier molecular flexibility index (Phi) is 3.38. The van der Waals surface area contributed by atoms with E-state index in [-0.39, 0.29) is 11.9 Å². The smallest absolute Gasteiger partial charge is 0.176 e. The van der Waals surface area contributed by atoms with Crippen LogP contribution in [0.5, 0.6) is 0 Å². The standard InChI is InChI=1S/C10H13FN6/c1-12-9(5-10-14-16-17(2)15-10)8-4-3-7(11)6-13-8/h3-4,6,9,12H,5H2,1-2H3. The fourth-order valence-electron chi connectivity index (χ4n) is 1.54. The molecule has 7 heteroatoms. The van der Waals surface area contributed by atoms with Crippen molar-refractivity contribution in [3.63, 3.8) is 0 Å². The zero-order chi connectivity index (χ0) is 12.3. The van der Waals surface area contributed by atoms with Gasteiger partial charge in [-0.3, -0.25) is 4.98 Å². The zero-order valence-electron chi connectivity index (χ0n) is 9.63. The molecule has 0 saturated heterocycles. The fraction of sp³-hybridized carbons (Fsp3) is 0.400. The van der Waals surface area contributed by atoms with E-state index >= 15 is 0 Å². The second-order valence-corrected chi connectivity index (χ2v) is 3.64. The first-order chi connectivity index (χ1) is 8.19. The number of rotatable bonds is 4. The number of hydrogen-bond donors (Lipinski definition) is 1. The lowest BCUT2D eigenvalue weighted by Crippen LogP contribution is -2.20. The number of nitrogens with zero attached hydrogens (tertiary/aromatic N) is 5. The molecule has 2 aromatic heterocycles. The van der Waals surface area contributed by atoms with Crippen molar-refractivity contribution in [1.82, 2.24) is 30.5 Å². The monoisotopic (exact) mass is 236 g/mol. The van der Waals surface area contributed by atoms with E-state index in [1.54, 1.807) is 13.1 Å². The van der Waals surface area contributed by atoms with Crippen LogP contribution in [0.2, 0.25) is 0 Å². The zero-order valence-corrected chi connectivity index (χ0v) is 9.63. The molecule has 1 unspecified atom stereocenters. The Labute approximate surface area is 97.9 Å². The molecule has 2 aromatic rings.